The predicted octanol–water partition coefficient (Wildman–Crippen LogP) is 39.2. The summed E-state index contributed by atoms with van der Waals surface area (Å²) in [5.74, 6) is 8.35. The van der Waals surface area contributed by atoms with Gasteiger partial charge < -0.3 is 0 Å². The Morgan fingerprint density at radius 3 is 0.916 bits per heavy atom. The second-order valence-electron chi connectivity index (χ2n) is 38.5. The Balaban J connectivity index is 0.000000478. The Bertz CT molecular complexity index is 5190. The van der Waals surface area contributed by atoms with Crippen LogP contribution in [0.2, 0.25) is 0 Å². The first-order chi connectivity index (χ1) is 62.3. The molecule has 0 spiro atoms. The molecule has 6 aliphatic carbocycles. The summed E-state index contributed by atoms with van der Waals surface area (Å²) >= 11 is 0. The molecule has 0 heterocycles. The van der Waals surface area contributed by atoms with E-state index in [4.69, 9.17) is 0 Å². The average molecular weight is 1750 g/mol. The van der Waals surface area contributed by atoms with Gasteiger partial charge in [0.25, 0.3) is 0 Å². The number of fused-ring (bicyclic) bond motifs is 9. The van der Waals surface area contributed by atoms with Gasteiger partial charge in [0, 0.05) is 5.92 Å². The molecule has 0 aliphatic heterocycles. The lowest BCUT2D eigenvalue weighted by Crippen LogP contribution is -2.19. The third-order valence-corrected chi connectivity index (χ3v) is 18.9. The van der Waals surface area contributed by atoms with Crippen molar-refractivity contribution in [2.75, 3.05) is 0 Å². The van der Waals surface area contributed by atoms with Crippen LogP contribution in [-0.2, 0) is 6.42 Å². The Kier molecular flexibility index (Phi) is 61.3. The molecular formula is C131H172. The van der Waals surface area contributed by atoms with Gasteiger partial charge in [-0.15, -0.1) is 0 Å². The van der Waals surface area contributed by atoms with E-state index < -0.39 is 0 Å². The van der Waals surface area contributed by atoms with E-state index in [9.17, 15) is 0 Å². The lowest BCUT2D eigenvalue weighted by Gasteiger charge is -2.06. The van der Waals surface area contributed by atoms with Gasteiger partial charge in [0.1, 0.15) is 0 Å². The SMILES string of the molecule is C.C1=CC2=CC=CC2C=C1.C1=Cc2ccccc2C1.C1=c2ccccc2=CC1.CC(C)C.CC(C)C.CC(C)C.CC(C)C.CC(C)C.CC(C)C.CC(C)C1=CC=CC1.CC(C)C1=CCC=C1.CC(C)c1ccccc1.CC(C)c1ccccc1.Cc1ccccc1.c1ccc2c(c1)ccc1ccccc12.c1ccc2cc3ccccc3cc2c1.c1ccc2ccccc2c1. The normalized spacial score (nSPS) is 12.6. The van der Waals surface area contributed by atoms with E-state index in [1.807, 2.05) is 30.3 Å². The van der Waals surface area contributed by atoms with E-state index in [1.54, 1.807) is 5.57 Å². The first-order valence-corrected chi connectivity index (χ1v) is 48.5. The molecule has 19 rings (SSSR count). The molecule has 1 unspecified atom stereocenters. The zero-order valence-corrected chi connectivity index (χ0v) is 85.4. The standard InChI is InChI=1S/2C14H10.C10H8.3C9H8.2C9H12.2C8H12.C7H8.6C4H10.CH4/c1-3-7-13-11(5-1)9-10-12-6-2-4-8-14(12)13;1-2-6-12-10-14-8-4-3-7-13(14)9-11(12)5-1;1-2-6-10-8-4-3-7-9(10)5-1;3*1-2-5-9-7-3-6-8(9)4-1;2*1-8(2)9-6-4-3-5-7-9;2*1-7(2)8-5-3-4-6-8;1-7-5-3-2-4-6-7;6*1-4(2)3;/h2*1-10H;1-8H;1-2,4-7H,3H2;1-6H,7H2;1-8H;2*3-8H,1-2H3;3,5-7H,4H2,1-2H3;3-5,7H,6H2,1-2H3;2-6H,1H3;6*4H,1-3H3;1H4. The molecule has 696 valence electrons. The number of allylic oxidation sites excluding steroid dienone is 17. The van der Waals surface area contributed by atoms with Crippen molar-refractivity contribution in [3.8, 4) is 0 Å². The lowest BCUT2D eigenvalue weighted by atomic mass is 9.99. The highest BCUT2D eigenvalue weighted by Gasteiger charge is 2.10. The average Bonchev–Trinajstić information content (AvgIpc) is 1.65. The van der Waals surface area contributed by atoms with Crippen molar-refractivity contribution >= 4 is 72.1 Å². The number of hydrogen-bond acceptors (Lipinski definition) is 0. The van der Waals surface area contributed by atoms with E-state index in [1.165, 1.54) is 110 Å². The second kappa shape index (κ2) is 69.5. The molecule has 0 amide bonds. The van der Waals surface area contributed by atoms with Crippen LogP contribution in [0.3, 0.4) is 0 Å². The molecule has 0 aromatic heterocycles. The van der Waals surface area contributed by atoms with Gasteiger partial charge in [-0.3, -0.25) is 0 Å². The minimum Gasteiger partial charge on any atom is -0.0805 e. The molecule has 0 radical (unpaired) electrons. The minimum atomic E-state index is 0. The zero-order valence-electron chi connectivity index (χ0n) is 85.4. The number of aryl methyl sites for hydroxylation is 1. The molecule has 1 atom stereocenters. The van der Waals surface area contributed by atoms with Crippen molar-refractivity contribution in [3.63, 3.8) is 0 Å². The van der Waals surface area contributed by atoms with Crippen LogP contribution in [0.5, 0.6) is 0 Å². The maximum Gasteiger partial charge on any atom is 0.0204 e. The third kappa shape index (κ3) is 54.1. The lowest BCUT2D eigenvalue weighted by molar-refractivity contribution is 0.736. The fourth-order valence-corrected chi connectivity index (χ4v) is 12.6. The third-order valence-electron chi connectivity index (χ3n) is 18.9. The summed E-state index contributed by atoms with van der Waals surface area (Å²) in [5, 5.41) is 15.9. The van der Waals surface area contributed by atoms with Crippen LogP contribution in [0.15, 0.2) is 411 Å². The van der Waals surface area contributed by atoms with E-state index >= 15 is 0 Å². The largest absolute Gasteiger partial charge is 0.0805 e. The summed E-state index contributed by atoms with van der Waals surface area (Å²) in [4.78, 5) is 0. The quantitative estimate of drug-likeness (QED) is 0.122. The smallest absolute Gasteiger partial charge is 0.0204 e. The summed E-state index contributed by atoms with van der Waals surface area (Å²) in [5.41, 5.74) is 11.5. The predicted molar refractivity (Wildman–Crippen MR) is 600 cm³/mol. The molecule has 0 fully saturated rings. The van der Waals surface area contributed by atoms with Crippen LogP contribution in [0.4, 0.5) is 0 Å². The van der Waals surface area contributed by atoms with Gasteiger partial charge >= 0.3 is 0 Å². The van der Waals surface area contributed by atoms with Gasteiger partial charge in [-0.2, -0.15) is 0 Å². The second-order valence-corrected chi connectivity index (χ2v) is 38.5. The summed E-state index contributed by atoms with van der Waals surface area (Å²) in [6.45, 7) is 58.8. The van der Waals surface area contributed by atoms with Crippen LogP contribution >= 0.6 is 0 Å². The molecule has 0 N–H and O–H groups in total. The minimum absolute atomic E-state index is 0. The van der Waals surface area contributed by atoms with Crippen molar-refractivity contribution in [2.24, 2.45) is 53.3 Å². The molecule has 131 heavy (non-hydrogen) atoms. The first kappa shape index (κ1) is 116. The Morgan fingerprint density at radius 1 is 0.252 bits per heavy atom. The number of rotatable bonds is 4. The highest BCUT2D eigenvalue weighted by atomic mass is 14.1. The van der Waals surface area contributed by atoms with Crippen LogP contribution in [0.1, 0.15) is 246 Å². The summed E-state index contributed by atoms with van der Waals surface area (Å²) < 4.78 is 0. The van der Waals surface area contributed by atoms with Crippen LogP contribution < -0.4 is 10.4 Å². The number of hydrogen-bond donors (Lipinski definition) is 0. The molecular weight excluding hydrogens is 1570 g/mol. The highest BCUT2D eigenvalue weighted by Crippen LogP contribution is 2.28. The van der Waals surface area contributed by atoms with Gasteiger partial charge in [-0.05, 0) is 202 Å². The highest BCUT2D eigenvalue weighted by molar-refractivity contribution is 6.07. The molecule has 6 aliphatic rings. The molecule has 0 nitrogen and oxygen atoms in total. The first-order valence-electron chi connectivity index (χ1n) is 48.5. The fourth-order valence-electron chi connectivity index (χ4n) is 12.6. The Hall–Kier alpha value is -11.4. The maximum atomic E-state index is 2.28. The molecule has 0 saturated heterocycles. The van der Waals surface area contributed by atoms with Crippen LogP contribution in [0, 0.1) is 60.2 Å². The van der Waals surface area contributed by atoms with E-state index in [-0.39, 0.29) is 7.43 Å². The topological polar surface area (TPSA) is 0 Å². The maximum absolute atomic E-state index is 2.28. The molecule has 0 bridgehead atoms. The summed E-state index contributed by atoms with van der Waals surface area (Å²) in [6, 6.07) is 108. The van der Waals surface area contributed by atoms with Gasteiger partial charge in [0.2, 0.25) is 0 Å². The summed E-state index contributed by atoms with van der Waals surface area (Å²) in [7, 11) is 0. The zero-order chi connectivity index (χ0) is 95.8. The fraction of sp³-hybridized carbons (Fsp3) is 0.328. The van der Waals surface area contributed by atoms with E-state index in [2.05, 4.69) is 569 Å². The van der Waals surface area contributed by atoms with Crippen molar-refractivity contribution in [3.05, 3.63) is 449 Å². The van der Waals surface area contributed by atoms with Gasteiger partial charge in [0.15, 0.2) is 0 Å². The van der Waals surface area contributed by atoms with Crippen molar-refractivity contribution < 1.29 is 0 Å². The molecule has 13 aromatic rings. The van der Waals surface area contributed by atoms with E-state index in [0.717, 1.165) is 60.7 Å². The molecule has 0 heteroatoms. The van der Waals surface area contributed by atoms with Gasteiger partial charge in [-0.25, -0.2) is 0 Å². The molecule has 0 saturated carbocycles. The van der Waals surface area contributed by atoms with E-state index in [0.29, 0.717) is 23.7 Å². The Morgan fingerprint density at radius 2 is 0.603 bits per heavy atom. The van der Waals surface area contributed by atoms with Gasteiger partial charge in [-0.1, -0.05) is 599 Å². The van der Waals surface area contributed by atoms with Crippen molar-refractivity contribution in [1.82, 2.24) is 0 Å². The van der Waals surface area contributed by atoms with Gasteiger partial charge in [0.05, 0.1) is 0 Å². The molecule has 13 aromatic carbocycles. The van der Waals surface area contributed by atoms with Crippen molar-refractivity contribution in [2.45, 2.75) is 232 Å². The Labute approximate surface area is 801 Å². The monoisotopic (exact) mass is 1750 g/mol. The van der Waals surface area contributed by atoms with Crippen molar-refractivity contribution in [1.29, 1.82) is 0 Å². The summed E-state index contributed by atoms with van der Waals surface area (Å²) in [6.07, 6.45) is 41.7. The van der Waals surface area contributed by atoms with Crippen LogP contribution in [-0.4, -0.2) is 0 Å². The number of benzene rings is 13. The van der Waals surface area contributed by atoms with Crippen LogP contribution in [0.25, 0.3) is 72.1 Å².